The van der Waals surface area contributed by atoms with Gasteiger partial charge in [0, 0.05) is 32.0 Å². The summed E-state index contributed by atoms with van der Waals surface area (Å²) >= 11 is 0. The summed E-state index contributed by atoms with van der Waals surface area (Å²) in [6, 6.07) is 22.6. The van der Waals surface area contributed by atoms with Gasteiger partial charge in [-0.3, -0.25) is 13.9 Å². The molecule has 7 nitrogen and oxygen atoms in total. The number of sulfonamides is 1. The van der Waals surface area contributed by atoms with E-state index >= 15 is 0 Å². The summed E-state index contributed by atoms with van der Waals surface area (Å²) in [5, 5.41) is 3.09. The van der Waals surface area contributed by atoms with E-state index < -0.39 is 16.1 Å². The number of hydrogen-bond acceptors (Lipinski definition) is 4. The predicted octanol–water partition coefficient (Wildman–Crippen LogP) is 5.71. The van der Waals surface area contributed by atoms with Gasteiger partial charge in [0.05, 0.1) is 11.9 Å². The first-order chi connectivity index (χ1) is 19.9. The first kappa shape index (κ1) is 32.9. The van der Waals surface area contributed by atoms with Crippen LogP contribution in [-0.2, 0) is 32.6 Å². The van der Waals surface area contributed by atoms with Crippen molar-refractivity contribution in [2.24, 2.45) is 0 Å². The number of hydrogen-bond donors (Lipinski definition) is 1. The standard InChI is InChI=1S/C34H45N3O4S/c1-7-28(5)35-34(39)32(23-29-14-9-8-10-15-29)36(24-30-16-11-13-25(2)20-30)33(38)17-12-18-37(42(6,40)41)31-21-26(3)19-27(4)22-31/h8-11,13-16,19-22,28,32H,7,12,17-18,23-24H2,1-6H3,(H,35,39)/t28-,32-/m1/s1. The van der Waals surface area contributed by atoms with Crippen LogP contribution in [0.4, 0.5) is 5.69 Å². The SMILES string of the molecule is CC[C@@H](C)NC(=O)[C@@H](Cc1ccccc1)N(Cc1cccc(C)c1)C(=O)CCCN(c1cc(C)cc(C)c1)S(C)(=O)=O. The Kier molecular flexibility index (Phi) is 11.7. The minimum atomic E-state index is -3.57. The molecule has 0 spiro atoms. The van der Waals surface area contributed by atoms with Gasteiger partial charge in [0.2, 0.25) is 21.8 Å². The first-order valence-electron chi connectivity index (χ1n) is 14.6. The van der Waals surface area contributed by atoms with Crippen molar-refractivity contribution in [3.05, 3.63) is 101 Å². The fourth-order valence-corrected chi connectivity index (χ4v) is 6.05. The van der Waals surface area contributed by atoms with Crippen molar-refractivity contribution < 1.29 is 18.0 Å². The molecule has 0 saturated heterocycles. The molecule has 3 aromatic rings. The van der Waals surface area contributed by atoms with Gasteiger partial charge in [0.15, 0.2) is 0 Å². The molecule has 226 valence electrons. The quantitative estimate of drug-likeness (QED) is 0.260. The molecule has 0 aromatic heterocycles. The van der Waals surface area contributed by atoms with Crippen LogP contribution in [0.1, 0.15) is 60.9 Å². The zero-order valence-corrected chi connectivity index (χ0v) is 26.6. The van der Waals surface area contributed by atoms with Crippen LogP contribution >= 0.6 is 0 Å². The third-order valence-electron chi connectivity index (χ3n) is 7.35. The van der Waals surface area contributed by atoms with Gasteiger partial charge in [-0.05, 0) is 74.9 Å². The van der Waals surface area contributed by atoms with E-state index in [-0.39, 0.29) is 37.4 Å². The normalized spacial score (nSPS) is 12.8. The van der Waals surface area contributed by atoms with Crippen molar-refractivity contribution in [2.75, 3.05) is 17.1 Å². The Morgan fingerprint density at radius 2 is 1.50 bits per heavy atom. The third-order valence-corrected chi connectivity index (χ3v) is 8.55. The Hall–Kier alpha value is -3.65. The number of anilines is 1. The van der Waals surface area contributed by atoms with Gasteiger partial charge in [0.25, 0.3) is 0 Å². The highest BCUT2D eigenvalue weighted by molar-refractivity contribution is 7.92. The molecule has 0 radical (unpaired) electrons. The number of rotatable bonds is 14. The van der Waals surface area contributed by atoms with E-state index in [0.717, 1.165) is 34.2 Å². The zero-order chi connectivity index (χ0) is 30.9. The van der Waals surface area contributed by atoms with Gasteiger partial charge < -0.3 is 10.2 Å². The van der Waals surface area contributed by atoms with Crippen molar-refractivity contribution in [3.63, 3.8) is 0 Å². The molecule has 3 rings (SSSR count). The fourth-order valence-electron chi connectivity index (χ4n) is 5.10. The number of nitrogens with zero attached hydrogens (tertiary/aromatic N) is 2. The van der Waals surface area contributed by atoms with Gasteiger partial charge in [-0.25, -0.2) is 8.42 Å². The number of amides is 2. The lowest BCUT2D eigenvalue weighted by atomic mass is 10.0. The van der Waals surface area contributed by atoms with Crippen molar-refractivity contribution >= 4 is 27.5 Å². The summed E-state index contributed by atoms with van der Waals surface area (Å²) in [6.07, 6.45) is 2.75. The molecule has 0 aliphatic carbocycles. The van der Waals surface area contributed by atoms with E-state index in [2.05, 4.69) is 5.32 Å². The molecule has 2 amide bonds. The molecule has 42 heavy (non-hydrogen) atoms. The Labute approximate surface area is 252 Å². The molecular weight excluding hydrogens is 546 g/mol. The minimum Gasteiger partial charge on any atom is -0.352 e. The van der Waals surface area contributed by atoms with Crippen LogP contribution in [0.5, 0.6) is 0 Å². The maximum atomic E-state index is 14.0. The number of aryl methyl sites for hydroxylation is 3. The predicted molar refractivity (Wildman–Crippen MR) is 171 cm³/mol. The highest BCUT2D eigenvalue weighted by atomic mass is 32.2. The lowest BCUT2D eigenvalue weighted by molar-refractivity contribution is -0.141. The summed E-state index contributed by atoms with van der Waals surface area (Å²) in [5.41, 5.74) is 5.49. The van der Waals surface area contributed by atoms with Crippen LogP contribution in [0, 0.1) is 20.8 Å². The highest BCUT2D eigenvalue weighted by Crippen LogP contribution is 2.23. The summed E-state index contributed by atoms with van der Waals surface area (Å²) in [4.78, 5) is 29.3. The molecule has 0 fully saturated rings. The number of carbonyl (C=O) groups excluding carboxylic acids is 2. The van der Waals surface area contributed by atoms with Crippen LogP contribution in [0.2, 0.25) is 0 Å². The van der Waals surface area contributed by atoms with Gasteiger partial charge in [-0.1, -0.05) is 73.2 Å². The number of benzene rings is 3. The zero-order valence-electron chi connectivity index (χ0n) is 25.8. The van der Waals surface area contributed by atoms with E-state index in [0.29, 0.717) is 18.5 Å². The highest BCUT2D eigenvalue weighted by Gasteiger charge is 2.31. The Balaban J connectivity index is 1.90. The Morgan fingerprint density at radius 1 is 0.857 bits per heavy atom. The maximum Gasteiger partial charge on any atom is 0.243 e. The topological polar surface area (TPSA) is 86.8 Å². The molecule has 0 saturated carbocycles. The van der Waals surface area contributed by atoms with E-state index in [4.69, 9.17) is 0 Å². The molecule has 0 unspecified atom stereocenters. The van der Waals surface area contributed by atoms with Crippen LogP contribution in [0.25, 0.3) is 0 Å². The molecule has 0 bridgehead atoms. The first-order valence-corrected chi connectivity index (χ1v) is 16.5. The molecule has 0 aliphatic heterocycles. The van der Waals surface area contributed by atoms with Crippen molar-refractivity contribution in [3.8, 4) is 0 Å². The Bertz CT molecular complexity index is 1440. The molecule has 0 aliphatic rings. The lowest BCUT2D eigenvalue weighted by Gasteiger charge is -2.33. The van der Waals surface area contributed by atoms with Gasteiger partial charge >= 0.3 is 0 Å². The van der Waals surface area contributed by atoms with E-state index in [1.54, 1.807) is 4.90 Å². The van der Waals surface area contributed by atoms with Gasteiger partial charge in [0.1, 0.15) is 6.04 Å². The minimum absolute atomic E-state index is 0.0344. The largest absolute Gasteiger partial charge is 0.352 e. The molecule has 0 heterocycles. The third kappa shape index (κ3) is 9.72. The van der Waals surface area contributed by atoms with Crippen LogP contribution in [0.3, 0.4) is 0 Å². The van der Waals surface area contributed by atoms with E-state index in [1.165, 1.54) is 10.6 Å². The monoisotopic (exact) mass is 591 g/mol. The molecule has 8 heteroatoms. The Morgan fingerprint density at radius 3 is 2.10 bits per heavy atom. The molecule has 3 aromatic carbocycles. The van der Waals surface area contributed by atoms with Crippen LogP contribution in [0.15, 0.2) is 72.8 Å². The molecule has 1 N–H and O–H groups in total. The van der Waals surface area contributed by atoms with E-state index in [9.17, 15) is 18.0 Å². The second-order valence-corrected chi connectivity index (χ2v) is 13.2. The van der Waals surface area contributed by atoms with Crippen molar-refractivity contribution in [2.45, 2.75) is 78.9 Å². The average Bonchev–Trinajstić information content (AvgIpc) is 2.92. The summed E-state index contributed by atoms with van der Waals surface area (Å²) in [6.45, 7) is 10.3. The van der Waals surface area contributed by atoms with E-state index in [1.807, 2.05) is 107 Å². The maximum absolute atomic E-state index is 14.0. The van der Waals surface area contributed by atoms with Gasteiger partial charge in [-0.2, -0.15) is 0 Å². The summed E-state index contributed by atoms with van der Waals surface area (Å²) in [7, 11) is -3.57. The van der Waals surface area contributed by atoms with Crippen molar-refractivity contribution in [1.82, 2.24) is 10.2 Å². The summed E-state index contributed by atoms with van der Waals surface area (Å²) < 4.78 is 26.9. The number of carbonyl (C=O) groups is 2. The lowest BCUT2D eigenvalue weighted by Crippen LogP contribution is -2.52. The summed E-state index contributed by atoms with van der Waals surface area (Å²) in [5.74, 6) is -0.382. The second kappa shape index (κ2) is 15.0. The fraction of sp³-hybridized carbons (Fsp3) is 0.412. The molecule has 2 atom stereocenters. The van der Waals surface area contributed by atoms with Gasteiger partial charge in [-0.15, -0.1) is 0 Å². The average molecular weight is 592 g/mol. The van der Waals surface area contributed by atoms with Crippen LogP contribution < -0.4 is 9.62 Å². The second-order valence-electron chi connectivity index (χ2n) is 11.3. The molecular formula is C34H45N3O4S. The van der Waals surface area contributed by atoms with Crippen LogP contribution in [-0.4, -0.2) is 50.0 Å². The van der Waals surface area contributed by atoms with Crippen molar-refractivity contribution in [1.29, 1.82) is 0 Å². The smallest absolute Gasteiger partial charge is 0.243 e. The number of nitrogens with one attached hydrogen (secondary N) is 1.